The van der Waals surface area contributed by atoms with Gasteiger partial charge in [0.25, 0.3) is 0 Å². The summed E-state index contributed by atoms with van der Waals surface area (Å²) in [6.07, 6.45) is 1.00. The summed E-state index contributed by atoms with van der Waals surface area (Å²) in [5, 5.41) is 3.35. The second-order valence-corrected chi connectivity index (χ2v) is 4.60. The molecule has 1 aliphatic rings. The molecule has 3 heteroatoms. The monoisotopic (exact) mass is 240 g/mol. The molecule has 0 bridgehead atoms. The van der Waals surface area contributed by atoms with Crippen LogP contribution in [0.5, 0.6) is 0 Å². The normalized spacial score (nSPS) is 27.2. The highest BCUT2D eigenvalue weighted by Gasteiger charge is 2.19. The Morgan fingerprint density at radius 3 is 3.00 bits per heavy atom. The Morgan fingerprint density at radius 2 is 2.15 bits per heavy atom. The summed E-state index contributed by atoms with van der Waals surface area (Å²) >= 11 is 3.61. The van der Waals surface area contributed by atoms with Crippen LogP contribution in [-0.2, 0) is 6.42 Å². The number of benzene rings is 1. The van der Waals surface area contributed by atoms with Gasteiger partial charge in [0, 0.05) is 23.1 Å². The molecular weight excluding hydrogens is 228 g/mol. The quantitative estimate of drug-likeness (QED) is 0.679. The van der Waals surface area contributed by atoms with E-state index >= 15 is 0 Å². The number of nitrogens with one attached hydrogen (secondary N) is 1. The van der Waals surface area contributed by atoms with Crippen molar-refractivity contribution in [2.45, 2.75) is 17.3 Å². The van der Waals surface area contributed by atoms with Crippen LogP contribution in [0.2, 0.25) is 0 Å². The Bertz CT molecular complexity index is 301. The van der Waals surface area contributed by atoms with Crippen molar-refractivity contribution in [3.05, 3.63) is 29.8 Å². The minimum Gasteiger partial charge on any atom is -0.383 e. The molecular formula is C10H13BrN2. The van der Waals surface area contributed by atoms with Crippen molar-refractivity contribution in [2.75, 3.05) is 11.9 Å². The van der Waals surface area contributed by atoms with Gasteiger partial charge in [0.15, 0.2) is 0 Å². The summed E-state index contributed by atoms with van der Waals surface area (Å²) < 4.78 is 0. The number of nitrogens with two attached hydrogens (primary N) is 1. The molecule has 1 aromatic carbocycles. The third-order valence-electron chi connectivity index (χ3n) is 2.43. The van der Waals surface area contributed by atoms with Gasteiger partial charge in [0.1, 0.15) is 0 Å². The molecule has 2 atom stereocenters. The fourth-order valence-corrected chi connectivity index (χ4v) is 2.12. The first-order chi connectivity index (χ1) is 6.27. The van der Waals surface area contributed by atoms with Crippen molar-refractivity contribution in [3.63, 3.8) is 0 Å². The van der Waals surface area contributed by atoms with Gasteiger partial charge in [-0.15, -0.1) is 0 Å². The number of anilines is 1. The zero-order valence-electron chi connectivity index (χ0n) is 7.33. The largest absolute Gasteiger partial charge is 0.383 e. The third-order valence-corrected chi connectivity index (χ3v) is 3.43. The highest BCUT2D eigenvalue weighted by atomic mass is 79.9. The van der Waals surface area contributed by atoms with Crippen molar-refractivity contribution in [3.8, 4) is 0 Å². The Balaban J connectivity index is 2.29. The highest BCUT2D eigenvalue weighted by molar-refractivity contribution is 9.09. The summed E-state index contributed by atoms with van der Waals surface area (Å²) in [4.78, 5) is 0.378. The van der Waals surface area contributed by atoms with Crippen LogP contribution < -0.4 is 11.1 Å². The molecule has 2 nitrogen and oxygen atoms in total. The van der Waals surface area contributed by atoms with Gasteiger partial charge in [-0.2, -0.15) is 0 Å². The molecule has 1 aliphatic heterocycles. The SMILES string of the molecule is N[C@H]1CNc2ccccc2C[C@@H]1Br. The van der Waals surface area contributed by atoms with Gasteiger partial charge in [-0.05, 0) is 18.1 Å². The Hall–Kier alpha value is -0.540. The maximum Gasteiger partial charge on any atom is 0.0373 e. The molecule has 70 valence electrons. The lowest BCUT2D eigenvalue weighted by molar-refractivity contribution is 0.678. The lowest BCUT2D eigenvalue weighted by Crippen LogP contribution is -2.36. The lowest BCUT2D eigenvalue weighted by Gasteiger charge is -2.13. The zero-order valence-corrected chi connectivity index (χ0v) is 8.92. The molecule has 0 aromatic heterocycles. The first-order valence-corrected chi connectivity index (χ1v) is 5.40. The molecule has 0 unspecified atom stereocenters. The van der Waals surface area contributed by atoms with E-state index in [0.29, 0.717) is 4.83 Å². The van der Waals surface area contributed by atoms with Crippen LogP contribution in [0.1, 0.15) is 5.56 Å². The maximum absolute atomic E-state index is 5.95. The maximum atomic E-state index is 5.95. The number of para-hydroxylation sites is 1. The Kier molecular flexibility index (Phi) is 2.56. The number of fused-ring (bicyclic) bond motifs is 1. The van der Waals surface area contributed by atoms with Crippen LogP contribution in [0.3, 0.4) is 0 Å². The van der Waals surface area contributed by atoms with Crippen LogP contribution in [0.4, 0.5) is 5.69 Å². The van der Waals surface area contributed by atoms with Gasteiger partial charge in [-0.1, -0.05) is 34.1 Å². The average molecular weight is 241 g/mol. The number of hydrogen-bond acceptors (Lipinski definition) is 2. The molecule has 0 fully saturated rings. The highest BCUT2D eigenvalue weighted by Crippen LogP contribution is 2.23. The van der Waals surface area contributed by atoms with Gasteiger partial charge in [-0.3, -0.25) is 0 Å². The molecule has 0 saturated heterocycles. The molecule has 0 amide bonds. The van der Waals surface area contributed by atoms with E-state index in [1.54, 1.807) is 0 Å². The van der Waals surface area contributed by atoms with Crippen LogP contribution in [0, 0.1) is 0 Å². The van der Waals surface area contributed by atoms with Crippen LogP contribution in [0.25, 0.3) is 0 Å². The van der Waals surface area contributed by atoms with Crippen molar-refractivity contribution in [1.29, 1.82) is 0 Å². The Morgan fingerprint density at radius 1 is 1.38 bits per heavy atom. The molecule has 3 N–H and O–H groups in total. The number of rotatable bonds is 0. The number of alkyl halides is 1. The van der Waals surface area contributed by atoms with E-state index in [1.807, 2.05) is 6.07 Å². The van der Waals surface area contributed by atoms with Gasteiger partial charge in [-0.25, -0.2) is 0 Å². The predicted molar refractivity (Wildman–Crippen MR) is 59.3 cm³/mol. The van der Waals surface area contributed by atoms with Crippen molar-refractivity contribution in [2.24, 2.45) is 5.73 Å². The molecule has 1 heterocycles. The van der Waals surface area contributed by atoms with Crippen molar-refractivity contribution in [1.82, 2.24) is 0 Å². The minimum atomic E-state index is 0.187. The average Bonchev–Trinajstić information content (AvgIpc) is 2.28. The van der Waals surface area contributed by atoms with E-state index in [4.69, 9.17) is 5.73 Å². The third kappa shape index (κ3) is 1.86. The molecule has 13 heavy (non-hydrogen) atoms. The van der Waals surface area contributed by atoms with Crippen molar-refractivity contribution >= 4 is 21.6 Å². The first-order valence-electron chi connectivity index (χ1n) is 4.49. The second-order valence-electron chi connectivity index (χ2n) is 3.42. The molecule has 0 saturated carbocycles. The zero-order chi connectivity index (χ0) is 9.26. The Labute approximate surface area is 86.6 Å². The van der Waals surface area contributed by atoms with Gasteiger partial charge >= 0.3 is 0 Å². The summed E-state index contributed by atoms with van der Waals surface area (Å²) in [7, 11) is 0. The predicted octanol–water partition coefficient (Wildman–Crippen LogP) is 1.75. The number of hydrogen-bond donors (Lipinski definition) is 2. The molecule has 0 spiro atoms. The minimum absolute atomic E-state index is 0.187. The van der Waals surface area contributed by atoms with Crippen LogP contribution in [0.15, 0.2) is 24.3 Å². The topological polar surface area (TPSA) is 38.0 Å². The molecule has 0 aliphatic carbocycles. The summed E-state index contributed by atoms with van der Waals surface area (Å²) in [6.45, 7) is 0.840. The lowest BCUT2D eigenvalue weighted by atomic mass is 10.1. The van der Waals surface area contributed by atoms with E-state index in [2.05, 4.69) is 39.4 Å². The standard InChI is InChI=1S/C10H13BrN2/c11-8-5-7-3-1-2-4-10(7)13-6-9(8)12/h1-4,8-9,13H,5-6,12H2/t8-,9-/m0/s1. The summed E-state index contributed by atoms with van der Waals surface area (Å²) in [6, 6.07) is 8.55. The number of halogens is 1. The molecule has 0 radical (unpaired) electrons. The van der Waals surface area contributed by atoms with E-state index < -0.39 is 0 Å². The second kappa shape index (κ2) is 3.68. The van der Waals surface area contributed by atoms with E-state index in [0.717, 1.165) is 13.0 Å². The van der Waals surface area contributed by atoms with Crippen LogP contribution in [-0.4, -0.2) is 17.4 Å². The van der Waals surface area contributed by atoms with Crippen molar-refractivity contribution < 1.29 is 0 Å². The smallest absolute Gasteiger partial charge is 0.0373 e. The van der Waals surface area contributed by atoms with Crippen LogP contribution >= 0.6 is 15.9 Å². The first kappa shape index (κ1) is 9.03. The summed E-state index contributed by atoms with van der Waals surface area (Å²) in [5.41, 5.74) is 8.52. The molecule has 2 rings (SSSR count). The molecule has 1 aromatic rings. The summed E-state index contributed by atoms with van der Waals surface area (Å²) in [5.74, 6) is 0. The fourth-order valence-electron chi connectivity index (χ4n) is 1.59. The van der Waals surface area contributed by atoms with Gasteiger partial charge in [0.05, 0.1) is 0 Å². The van der Waals surface area contributed by atoms with E-state index in [-0.39, 0.29) is 6.04 Å². The van der Waals surface area contributed by atoms with E-state index in [9.17, 15) is 0 Å². The van der Waals surface area contributed by atoms with Gasteiger partial charge in [0.2, 0.25) is 0 Å². The fraction of sp³-hybridized carbons (Fsp3) is 0.400. The van der Waals surface area contributed by atoms with Gasteiger partial charge < -0.3 is 11.1 Å². The van der Waals surface area contributed by atoms with E-state index in [1.165, 1.54) is 11.3 Å².